The maximum absolute atomic E-state index is 11.7. The molecule has 3 N–H and O–H groups in total. The molecule has 1 aromatic rings. The maximum atomic E-state index is 11.7. The average Bonchev–Trinajstić information content (AvgIpc) is 3.20. The number of urea groups is 1. The van der Waals surface area contributed by atoms with Crippen molar-refractivity contribution in [2.45, 2.75) is 12.8 Å². The Labute approximate surface area is 110 Å². The van der Waals surface area contributed by atoms with Gasteiger partial charge in [-0.05, 0) is 37.0 Å². The number of benzene rings is 1. The van der Waals surface area contributed by atoms with E-state index >= 15 is 0 Å². The highest BCUT2D eigenvalue weighted by atomic mass is 16.5. The van der Waals surface area contributed by atoms with Crippen LogP contribution in [-0.2, 0) is 0 Å². The second-order valence-corrected chi connectivity index (χ2v) is 4.50. The van der Waals surface area contributed by atoms with Crippen LogP contribution < -0.4 is 15.4 Å². The predicted molar refractivity (Wildman–Crippen MR) is 69.7 cm³/mol. The van der Waals surface area contributed by atoms with Crippen molar-refractivity contribution >= 4 is 17.7 Å². The average molecular weight is 264 g/mol. The molecule has 1 saturated carbocycles. The molecule has 0 unspecified atom stereocenters. The van der Waals surface area contributed by atoms with E-state index in [-0.39, 0.29) is 11.6 Å². The Bertz CT molecular complexity index is 497. The number of carboxylic acid groups (broad SMARTS) is 1. The summed E-state index contributed by atoms with van der Waals surface area (Å²) in [6.45, 7) is 0.646. The molecule has 6 heteroatoms. The Morgan fingerprint density at radius 3 is 2.74 bits per heavy atom. The minimum Gasteiger partial charge on any atom is -0.495 e. The van der Waals surface area contributed by atoms with Crippen LogP contribution in [0.25, 0.3) is 0 Å². The zero-order valence-electron chi connectivity index (χ0n) is 10.6. The first kappa shape index (κ1) is 13.2. The van der Waals surface area contributed by atoms with Gasteiger partial charge in [0, 0.05) is 6.54 Å². The van der Waals surface area contributed by atoms with Gasteiger partial charge in [0.05, 0.1) is 18.4 Å². The first-order chi connectivity index (χ1) is 9.10. The van der Waals surface area contributed by atoms with E-state index in [4.69, 9.17) is 9.84 Å². The molecule has 0 heterocycles. The van der Waals surface area contributed by atoms with E-state index in [1.54, 1.807) is 0 Å². The number of amides is 2. The van der Waals surface area contributed by atoms with Gasteiger partial charge in [-0.15, -0.1) is 0 Å². The molecule has 19 heavy (non-hydrogen) atoms. The number of nitrogens with one attached hydrogen (secondary N) is 2. The van der Waals surface area contributed by atoms with Gasteiger partial charge in [0.2, 0.25) is 0 Å². The zero-order chi connectivity index (χ0) is 13.8. The number of methoxy groups -OCH3 is 1. The van der Waals surface area contributed by atoms with Crippen molar-refractivity contribution in [2.75, 3.05) is 19.0 Å². The normalized spacial score (nSPS) is 13.7. The zero-order valence-corrected chi connectivity index (χ0v) is 10.6. The van der Waals surface area contributed by atoms with E-state index < -0.39 is 5.97 Å². The van der Waals surface area contributed by atoms with E-state index in [1.165, 1.54) is 25.3 Å². The summed E-state index contributed by atoms with van der Waals surface area (Å²) in [5, 5.41) is 14.3. The molecule has 0 atom stereocenters. The van der Waals surface area contributed by atoms with Gasteiger partial charge in [0.15, 0.2) is 0 Å². The summed E-state index contributed by atoms with van der Waals surface area (Å²) in [5.41, 5.74) is 0.439. The summed E-state index contributed by atoms with van der Waals surface area (Å²) in [6, 6.07) is 3.96. The number of ether oxygens (including phenoxy) is 1. The number of carbonyl (C=O) groups is 2. The van der Waals surface area contributed by atoms with E-state index in [0.29, 0.717) is 23.9 Å². The molecule has 2 amide bonds. The van der Waals surface area contributed by atoms with Crippen LogP contribution in [0.4, 0.5) is 10.5 Å². The van der Waals surface area contributed by atoms with Gasteiger partial charge in [0.25, 0.3) is 0 Å². The van der Waals surface area contributed by atoms with Crippen molar-refractivity contribution in [3.05, 3.63) is 23.8 Å². The van der Waals surface area contributed by atoms with Crippen molar-refractivity contribution in [2.24, 2.45) is 5.92 Å². The van der Waals surface area contributed by atoms with Gasteiger partial charge >= 0.3 is 12.0 Å². The van der Waals surface area contributed by atoms with Crippen LogP contribution in [0.5, 0.6) is 5.75 Å². The summed E-state index contributed by atoms with van der Waals surface area (Å²) >= 11 is 0. The largest absolute Gasteiger partial charge is 0.495 e. The van der Waals surface area contributed by atoms with Crippen LogP contribution in [0.1, 0.15) is 23.2 Å². The first-order valence-corrected chi connectivity index (χ1v) is 6.06. The number of rotatable bonds is 5. The van der Waals surface area contributed by atoms with Gasteiger partial charge in [0.1, 0.15) is 5.75 Å². The first-order valence-electron chi connectivity index (χ1n) is 6.06. The SMILES string of the molecule is COc1ccc(C(=O)O)cc1NC(=O)NCC1CC1. The standard InChI is InChI=1S/C13H16N2O4/c1-19-11-5-4-9(12(16)17)6-10(11)15-13(18)14-7-8-2-3-8/h4-6,8H,2-3,7H2,1H3,(H,16,17)(H2,14,15,18). The molecular formula is C13H16N2O4. The number of anilines is 1. The molecule has 2 rings (SSSR count). The lowest BCUT2D eigenvalue weighted by Gasteiger charge is -2.11. The van der Waals surface area contributed by atoms with Gasteiger partial charge in [-0.2, -0.15) is 0 Å². The molecule has 0 spiro atoms. The van der Waals surface area contributed by atoms with E-state index in [2.05, 4.69) is 10.6 Å². The Kier molecular flexibility index (Phi) is 3.89. The van der Waals surface area contributed by atoms with Gasteiger partial charge in [-0.1, -0.05) is 0 Å². The Morgan fingerprint density at radius 1 is 1.42 bits per heavy atom. The molecule has 1 fully saturated rings. The smallest absolute Gasteiger partial charge is 0.335 e. The summed E-state index contributed by atoms with van der Waals surface area (Å²) in [4.78, 5) is 22.6. The molecule has 1 aliphatic carbocycles. The van der Waals surface area contributed by atoms with Gasteiger partial charge in [-0.3, -0.25) is 0 Å². The monoisotopic (exact) mass is 264 g/mol. The molecule has 0 radical (unpaired) electrons. The molecule has 0 bridgehead atoms. The highest BCUT2D eigenvalue weighted by molar-refractivity contribution is 5.94. The molecular weight excluding hydrogens is 248 g/mol. The van der Waals surface area contributed by atoms with Crippen molar-refractivity contribution in [3.63, 3.8) is 0 Å². The number of carboxylic acids is 1. The van der Waals surface area contributed by atoms with E-state index in [9.17, 15) is 9.59 Å². The maximum Gasteiger partial charge on any atom is 0.335 e. The fraction of sp³-hybridized carbons (Fsp3) is 0.385. The second-order valence-electron chi connectivity index (χ2n) is 4.50. The van der Waals surface area contributed by atoms with Crippen molar-refractivity contribution in [1.29, 1.82) is 0 Å². The van der Waals surface area contributed by atoms with Crippen molar-refractivity contribution in [1.82, 2.24) is 5.32 Å². The van der Waals surface area contributed by atoms with Gasteiger partial charge in [-0.25, -0.2) is 9.59 Å². The third-order valence-electron chi connectivity index (χ3n) is 2.94. The lowest BCUT2D eigenvalue weighted by atomic mass is 10.2. The molecule has 0 aromatic heterocycles. The lowest BCUT2D eigenvalue weighted by Crippen LogP contribution is -2.30. The third-order valence-corrected chi connectivity index (χ3v) is 2.94. The molecule has 0 aliphatic heterocycles. The molecule has 6 nitrogen and oxygen atoms in total. The second kappa shape index (κ2) is 5.60. The van der Waals surface area contributed by atoms with Crippen LogP contribution in [0.15, 0.2) is 18.2 Å². The van der Waals surface area contributed by atoms with Crippen LogP contribution in [0.3, 0.4) is 0 Å². The highest BCUT2D eigenvalue weighted by Gasteiger charge is 2.21. The minimum absolute atomic E-state index is 0.0956. The predicted octanol–water partition coefficient (Wildman–Crippen LogP) is 1.92. The summed E-state index contributed by atoms with van der Waals surface area (Å²) in [5.74, 6) is -0.0475. The summed E-state index contributed by atoms with van der Waals surface area (Å²) < 4.78 is 5.08. The molecule has 102 valence electrons. The van der Waals surface area contributed by atoms with Crippen molar-refractivity contribution in [3.8, 4) is 5.75 Å². The van der Waals surface area contributed by atoms with Crippen LogP contribution in [-0.4, -0.2) is 30.8 Å². The molecule has 0 saturated heterocycles. The lowest BCUT2D eigenvalue weighted by molar-refractivity contribution is 0.0697. The number of hydrogen-bond donors (Lipinski definition) is 3. The Balaban J connectivity index is 2.05. The molecule has 1 aromatic carbocycles. The number of aromatic carboxylic acids is 1. The number of carbonyl (C=O) groups excluding carboxylic acids is 1. The van der Waals surface area contributed by atoms with Crippen molar-refractivity contribution < 1.29 is 19.4 Å². The summed E-state index contributed by atoms with van der Waals surface area (Å²) in [7, 11) is 1.46. The highest BCUT2D eigenvalue weighted by Crippen LogP contribution is 2.28. The van der Waals surface area contributed by atoms with Crippen LogP contribution in [0, 0.1) is 5.92 Å². The Morgan fingerprint density at radius 2 is 2.16 bits per heavy atom. The van der Waals surface area contributed by atoms with Gasteiger partial charge < -0.3 is 20.5 Å². The fourth-order valence-electron chi connectivity index (χ4n) is 1.66. The third kappa shape index (κ3) is 3.61. The number of hydrogen-bond acceptors (Lipinski definition) is 3. The quantitative estimate of drug-likeness (QED) is 0.758. The van der Waals surface area contributed by atoms with E-state index in [1.807, 2.05) is 0 Å². The fourth-order valence-corrected chi connectivity index (χ4v) is 1.66. The van der Waals surface area contributed by atoms with E-state index in [0.717, 1.165) is 12.8 Å². The topological polar surface area (TPSA) is 87.7 Å². The Hall–Kier alpha value is -2.24. The molecule has 1 aliphatic rings. The minimum atomic E-state index is -1.05. The van der Waals surface area contributed by atoms with Crippen LogP contribution >= 0.6 is 0 Å². The summed E-state index contributed by atoms with van der Waals surface area (Å²) in [6.07, 6.45) is 2.30. The van der Waals surface area contributed by atoms with Crippen LogP contribution in [0.2, 0.25) is 0 Å².